The zero-order valence-electron chi connectivity index (χ0n) is 14.8. The third-order valence-corrected chi connectivity index (χ3v) is 5.18. The number of hydrogen-bond donors (Lipinski definition) is 2. The number of aromatic nitrogens is 3. The normalized spacial score (nSPS) is 14.0. The molecule has 1 amide bonds. The van der Waals surface area contributed by atoms with Crippen molar-refractivity contribution in [3.63, 3.8) is 0 Å². The SMILES string of the molecule is O=C(NCCN1CCc2c(Cl)cccc2C1)c1ccc(-c2cn[nH]c2)cn1. The van der Waals surface area contributed by atoms with Crippen LogP contribution in [0, 0.1) is 0 Å². The van der Waals surface area contributed by atoms with Crippen LogP contribution in [0.3, 0.4) is 0 Å². The highest BCUT2D eigenvalue weighted by Crippen LogP contribution is 2.25. The Labute approximate surface area is 162 Å². The summed E-state index contributed by atoms with van der Waals surface area (Å²) in [5, 5.41) is 10.5. The minimum Gasteiger partial charge on any atom is -0.349 e. The number of nitrogens with one attached hydrogen (secondary N) is 2. The van der Waals surface area contributed by atoms with E-state index in [9.17, 15) is 4.79 Å². The number of amides is 1. The molecule has 0 bridgehead atoms. The maximum atomic E-state index is 12.3. The Bertz CT molecular complexity index is 924. The van der Waals surface area contributed by atoms with E-state index < -0.39 is 0 Å². The lowest BCUT2D eigenvalue weighted by atomic mass is 10.00. The van der Waals surface area contributed by atoms with Crippen LogP contribution in [0.25, 0.3) is 11.1 Å². The van der Waals surface area contributed by atoms with Crippen molar-refractivity contribution in [3.05, 3.63) is 70.8 Å². The molecule has 0 spiro atoms. The lowest BCUT2D eigenvalue weighted by molar-refractivity contribution is 0.0942. The number of fused-ring (bicyclic) bond motifs is 1. The molecule has 3 heterocycles. The van der Waals surface area contributed by atoms with Gasteiger partial charge in [-0.3, -0.25) is 19.8 Å². The van der Waals surface area contributed by atoms with Gasteiger partial charge in [0, 0.05) is 54.7 Å². The number of hydrogen-bond acceptors (Lipinski definition) is 4. The number of carbonyl (C=O) groups excluding carboxylic acids is 1. The summed E-state index contributed by atoms with van der Waals surface area (Å²) in [6.45, 7) is 3.19. The number of aromatic amines is 1. The van der Waals surface area contributed by atoms with Gasteiger partial charge < -0.3 is 5.32 Å². The average molecular weight is 382 g/mol. The summed E-state index contributed by atoms with van der Waals surface area (Å²) in [6, 6.07) is 9.67. The van der Waals surface area contributed by atoms with Crippen LogP contribution in [0.4, 0.5) is 0 Å². The van der Waals surface area contributed by atoms with Crippen molar-refractivity contribution >= 4 is 17.5 Å². The molecule has 27 heavy (non-hydrogen) atoms. The largest absolute Gasteiger partial charge is 0.349 e. The van der Waals surface area contributed by atoms with Crippen LogP contribution in [-0.4, -0.2) is 45.6 Å². The van der Waals surface area contributed by atoms with Crippen molar-refractivity contribution in [2.45, 2.75) is 13.0 Å². The van der Waals surface area contributed by atoms with Gasteiger partial charge in [0.05, 0.1) is 6.20 Å². The van der Waals surface area contributed by atoms with Crippen LogP contribution in [-0.2, 0) is 13.0 Å². The molecule has 0 unspecified atom stereocenters. The number of halogens is 1. The number of H-pyrrole nitrogens is 1. The number of rotatable bonds is 5. The molecule has 1 aliphatic rings. The predicted molar refractivity (Wildman–Crippen MR) is 105 cm³/mol. The number of pyridine rings is 1. The van der Waals surface area contributed by atoms with Crippen molar-refractivity contribution < 1.29 is 4.79 Å². The predicted octanol–water partition coefficient (Wildman–Crippen LogP) is 2.91. The summed E-state index contributed by atoms with van der Waals surface area (Å²) < 4.78 is 0. The average Bonchev–Trinajstić information content (AvgIpc) is 3.23. The number of nitrogens with zero attached hydrogens (tertiary/aromatic N) is 3. The molecule has 0 saturated heterocycles. The Balaban J connectivity index is 1.29. The molecular formula is C20H20ClN5O. The van der Waals surface area contributed by atoms with E-state index in [1.807, 2.05) is 18.2 Å². The fourth-order valence-electron chi connectivity index (χ4n) is 3.34. The highest BCUT2D eigenvalue weighted by Gasteiger charge is 2.18. The minimum absolute atomic E-state index is 0.158. The molecule has 0 saturated carbocycles. The lowest BCUT2D eigenvalue weighted by Gasteiger charge is -2.29. The van der Waals surface area contributed by atoms with Gasteiger partial charge in [-0.25, -0.2) is 0 Å². The van der Waals surface area contributed by atoms with Gasteiger partial charge in [0.25, 0.3) is 5.91 Å². The maximum absolute atomic E-state index is 12.3. The molecule has 3 aromatic rings. The fraction of sp³-hybridized carbons (Fsp3) is 0.250. The van der Waals surface area contributed by atoms with Gasteiger partial charge in [0.2, 0.25) is 0 Å². The molecule has 1 aromatic carbocycles. The van der Waals surface area contributed by atoms with Gasteiger partial charge in [-0.1, -0.05) is 29.8 Å². The molecule has 2 N–H and O–H groups in total. The van der Waals surface area contributed by atoms with Crippen molar-refractivity contribution in [2.24, 2.45) is 0 Å². The molecule has 2 aromatic heterocycles. The third-order valence-electron chi connectivity index (χ3n) is 4.83. The van der Waals surface area contributed by atoms with Gasteiger partial charge in [-0.15, -0.1) is 0 Å². The summed E-state index contributed by atoms with van der Waals surface area (Å²) >= 11 is 6.26. The van der Waals surface area contributed by atoms with Gasteiger partial charge in [0.15, 0.2) is 0 Å². The smallest absolute Gasteiger partial charge is 0.269 e. The monoisotopic (exact) mass is 381 g/mol. The molecule has 4 rings (SSSR count). The first kappa shape index (κ1) is 17.7. The molecule has 6 nitrogen and oxygen atoms in total. The van der Waals surface area contributed by atoms with E-state index in [4.69, 9.17) is 11.6 Å². The zero-order valence-corrected chi connectivity index (χ0v) is 15.5. The molecule has 1 aliphatic heterocycles. The van der Waals surface area contributed by atoms with Crippen LogP contribution < -0.4 is 5.32 Å². The Morgan fingerprint density at radius 1 is 1.22 bits per heavy atom. The first-order valence-electron chi connectivity index (χ1n) is 8.93. The molecule has 0 atom stereocenters. The van der Waals surface area contributed by atoms with Crippen LogP contribution >= 0.6 is 11.6 Å². The fourth-order valence-corrected chi connectivity index (χ4v) is 3.63. The standard InChI is InChI=1S/C20H20ClN5O/c21-18-3-1-2-15-13-26(8-6-17(15)18)9-7-22-20(27)19-5-4-14(10-23-19)16-11-24-25-12-16/h1-5,10-12H,6-9,13H2,(H,22,27)(H,24,25). The molecule has 138 valence electrons. The third kappa shape index (κ3) is 4.02. The van der Waals surface area contributed by atoms with E-state index in [0.717, 1.165) is 42.2 Å². The second-order valence-corrected chi connectivity index (χ2v) is 6.99. The summed E-state index contributed by atoms with van der Waals surface area (Å²) in [4.78, 5) is 18.9. The van der Waals surface area contributed by atoms with Crippen molar-refractivity contribution in [1.29, 1.82) is 0 Å². The van der Waals surface area contributed by atoms with Crippen LogP contribution in [0.2, 0.25) is 5.02 Å². The van der Waals surface area contributed by atoms with Gasteiger partial charge in [0.1, 0.15) is 5.69 Å². The Kier molecular flexibility index (Phi) is 5.18. The maximum Gasteiger partial charge on any atom is 0.269 e. The van der Waals surface area contributed by atoms with E-state index in [2.05, 4.69) is 31.5 Å². The first-order valence-corrected chi connectivity index (χ1v) is 9.30. The number of carbonyl (C=O) groups is 1. The van der Waals surface area contributed by atoms with E-state index in [1.54, 1.807) is 24.7 Å². The summed E-state index contributed by atoms with van der Waals surface area (Å²) in [5.41, 5.74) is 4.81. The Morgan fingerprint density at radius 2 is 2.15 bits per heavy atom. The van der Waals surface area contributed by atoms with Crippen LogP contribution in [0.5, 0.6) is 0 Å². The van der Waals surface area contributed by atoms with E-state index in [0.29, 0.717) is 12.2 Å². The lowest BCUT2D eigenvalue weighted by Crippen LogP contribution is -2.38. The second-order valence-electron chi connectivity index (χ2n) is 6.58. The van der Waals surface area contributed by atoms with Gasteiger partial charge >= 0.3 is 0 Å². The highest BCUT2D eigenvalue weighted by molar-refractivity contribution is 6.31. The molecule has 0 aliphatic carbocycles. The quantitative estimate of drug-likeness (QED) is 0.712. The van der Waals surface area contributed by atoms with E-state index >= 15 is 0 Å². The van der Waals surface area contributed by atoms with E-state index in [-0.39, 0.29) is 5.91 Å². The molecule has 7 heteroatoms. The van der Waals surface area contributed by atoms with Crippen molar-refractivity contribution in [1.82, 2.24) is 25.4 Å². The molecular weight excluding hydrogens is 362 g/mol. The van der Waals surface area contributed by atoms with E-state index in [1.165, 1.54) is 11.1 Å². The highest BCUT2D eigenvalue weighted by atomic mass is 35.5. The van der Waals surface area contributed by atoms with Gasteiger partial charge in [-0.2, -0.15) is 5.10 Å². The van der Waals surface area contributed by atoms with Crippen LogP contribution in [0.15, 0.2) is 48.9 Å². The Morgan fingerprint density at radius 3 is 2.93 bits per heavy atom. The van der Waals surface area contributed by atoms with Crippen LogP contribution in [0.1, 0.15) is 21.6 Å². The molecule has 0 fully saturated rings. The number of benzene rings is 1. The summed E-state index contributed by atoms with van der Waals surface area (Å²) in [5.74, 6) is -0.158. The summed E-state index contributed by atoms with van der Waals surface area (Å²) in [7, 11) is 0. The van der Waals surface area contributed by atoms with Gasteiger partial charge in [-0.05, 0) is 29.7 Å². The summed E-state index contributed by atoms with van der Waals surface area (Å²) in [6.07, 6.45) is 6.15. The topological polar surface area (TPSA) is 73.9 Å². The molecule has 0 radical (unpaired) electrons. The van der Waals surface area contributed by atoms with Crippen molar-refractivity contribution in [2.75, 3.05) is 19.6 Å². The first-order chi connectivity index (χ1) is 13.2. The minimum atomic E-state index is -0.158. The van der Waals surface area contributed by atoms with Crippen molar-refractivity contribution in [3.8, 4) is 11.1 Å². The Hall–Kier alpha value is -2.70. The second kappa shape index (κ2) is 7.90. The zero-order chi connectivity index (χ0) is 18.6.